The first-order chi connectivity index (χ1) is 12.7. The van der Waals surface area contributed by atoms with Gasteiger partial charge in [0.15, 0.2) is 5.82 Å². The van der Waals surface area contributed by atoms with Gasteiger partial charge in [0.05, 0.1) is 0 Å². The Bertz CT molecular complexity index is 703. The highest BCUT2D eigenvalue weighted by Crippen LogP contribution is 2.23. The van der Waals surface area contributed by atoms with Crippen LogP contribution in [0.4, 0.5) is 10.5 Å². The summed E-state index contributed by atoms with van der Waals surface area (Å²) in [6.45, 7) is 7.54. The third-order valence-corrected chi connectivity index (χ3v) is 4.77. The first-order valence-electron chi connectivity index (χ1n) is 9.33. The smallest absolute Gasteiger partial charge is 0.317 e. The fourth-order valence-electron chi connectivity index (χ4n) is 3.20. The predicted octanol–water partition coefficient (Wildman–Crippen LogP) is 2.69. The fourth-order valence-corrected chi connectivity index (χ4v) is 3.20. The second-order valence-electron chi connectivity index (χ2n) is 6.59. The van der Waals surface area contributed by atoms with Crippen molar-refractivity contribution in [3.63, 3.8) is 0 Å². The van der Waals surface area contributed by atoms with Crippen LogP contribution in [0.3, 0.4) is 0 Å². The van der Waals surface area contributed by atoms with E-state index in [1.54, 1.807) is 4.90 Å². The van der Waals surface area contributed by atoms with Gasteiger partial charge in [-0.05, 0) is 31.4 Å². The van der Waals surface area contributed by atoms with E-state index in [0.717, 1.165) is 25.9 Å². The lowest BCUT2D eigenvalue weighted by atomic mass is 10.1. The largest absolute Gasteiger partial charge is 0.371 e. The molecular formula is C19H27N5O2. The molecule has 3 rings (SSSR count). The molecule has 2 amide bonds. The molecule has 0 spiro atoms. The molecule has 26 heavy (non-hydrogen) atoms. The van der Waals surface area contributed by atoms with Gasteiger partial charge < -0.3 is 19.6 Å². The van der Waals surface area contributed by atoms with Crippen molar-refractivity contribution in [2.75, 3.05) is 31.1 Å². The van der Waals surface area contributed by atoms with Gasteiger partial charge in [0.1, 0.15) is 6.54 Å². The monoisotopic (exact) mass is 357 g/mol. The van der Waals surface area contributed by atoms with Crippen molar-refractivity contribution in [1.82, 2.24) is 20.4 Å². The predicted molar refractivity (Wildman–Crippen MR) is 99.9 cm³/mol. The summed E-state index contributed by atoms with van der Waals surface area (Å²) in [7, 11) is 0. The van der Waals surface area contributed by atoms with E-state index in [1.807, 2.05) is 19.9 Å². The number of urea groups is 1. The fraction of sp³-hybridized carbons (Fsp3) is 0.526. The molecule has 140 valence electrons. The number of nitrogens with one attached hydrogen (secondary N) is 1. The molecule has 0 radical (unpaired) electrons. The minimum Gasteiger partial charge on any atom is -0.371 e. The number of aromatic nitrogens is 2. The van der Waals surface area contributed by atoms with Crippen LogP contribution in [0.5, 0.6) is 0 Å². The molecule has 7 nitrogen and oxygen atoms in total. The van der Waals surface area contributed by atoms with Gasteiger partial charge in [-0.3, -0.25) is 0 Å². The Morgan fingerprint density at radius 1 is 1.35 bits per heavy atom. The van der Waals surface area contributed by atoms with Crippen LogP contribution in [0, 0.1) is 5.92 Å². The maximum atomic E-state index is 12.5. The highest BCUT2D eigenvalue weighted by molar-refractivity contribution is 5.74. The van der Waals surface area contributed by atoms with Crippen molar-refractivity contribution >= 4 is 11.7 Å². The summed E-state index contributed by atoms with van der Waals surface area (Å²) in [6.07, 6.45) is 1.81. The number of rotatable bonds is 7. The molecule has 2 aromatic rings. The van der Waals surface area contributed by atoms with Gasteiger partial charge in [0.25, 0.3) is 0 Å². The van der Waals surface area contributed by atoms with Gasteiger partial charge in [-0.1, -0.05) is 30.3 Å². The van der Waals surface area contributed by atoms with Crippen LogP contribution in [-0.2, 0) is 13.0 Å². The number of carbonyl (C=O) groups is 1. The third-order valence-electron chi connectivity index (χ3n) is 4.77. The molecule has 1 aliphatic heterocycles. The summed E-state index contributed by atoms with van der Waals surface area (Å²) < 4.78 is 5.19. The van der Waals surface area contributed by atoms with Crippen LogP contribution in [-0.4, -0.2) is 47.3 Å². The SMILES string of the molecule is CCc1noc(CN(CC)C(=O)NC[C@H]2CCN(c3ccccc3)C2)n1. The Morgan fingerprint density at radius 3 is 2.85 bits per heavy atom. The standard InChI is InChI=1S/C19H27N5O2/c1-3-17-21-18(26-22-17)14-23(4-2)19(25)20-12-15-10-11-24(13-15)16-8-6-5-7-9-16/h5-9,15H,3-4,10-14H2,1-2H3,(H,20,25)/t15-/m1/s1. The summed E-state index contributed by atoms with van der Waals surface area (Å²) in [6, 6.07) is 10.3. The molecule has 0 aliphatic carbocycles. The van der Waals surface area contributed by atoms with Crippen molar-refractivity contribution < 1.29 is 9.32 Å². The minimum atomic E-state index is -0.0816. The van der Waals surface area contributed by atoms with Gasteiger partial charge in [0, 0.05) is 38.3 Å². The summed E-state index contributed by atoms with van der Waals surface area (Å²) in [5, 5.41) is 6.94. The van der Waals surface area contributed by atoms with E-state index in [2.05, 4.69) is 44.6 Å². The Balaban J connectivity index is 1.46. The Hall–Kier alpha value is -2.57. The van der Waals surface area contributed by atoms with E-state index in [1.165, 1.54) is 5.69 Å². The number of aryl methyl sites for hydroxylation is 1. The number of carbonyl (C=O) groups excluding carboxylic acids is 1. The summed E-state index contributed by atoms with van der Waals surface area (Å²) in [5.74, 6) is 1.62. The summed E-state index contributed by atoms with van der Waals surface area (Å²) in [5.41, 5.74) is 1.25. The number of anilines is 1. The molecular weight excluding hydrogens is 330 g/mol. The molecule has 0 saturated carbocycles. The van der Waals surface area contributed by atoms with Crippen molar-refractivity contribution in [3.05, 3.63) is 42.0 Å². The van der Waals surface area contributed by atoms with Gasteiger partial charge in [-0.25, -0.2) is 4.79 Å². The Morgan fingerprint density at radius 2 is 2.15 bits per heavy atom. The molecule has 1 atom stereocenters. The first-order valence-corrected chi connectivity index (χ1v) is 9.33. The van der Waals surface area contributed by atoms with Crippen LogP contribution in [0.2, 0.25) is 0 Å². The van der Waals surface area contributed by atoms with E-state index in [9.17, 15) is 4.79 Å². The van der Waals surface area contributed by atoms with Crippen LogP contribution < -0.4 is 10.2 Å². The van der Waals surface area contributed by atoms with Crippen molar-refractivity contribution in [1.29, 1.82) is 0 Å². The second-order valence-corrected chi connectivity index (χ2v) is 6.59. The molecule has 1 saturated heterocycles. The topological polar surface area (TPSA) is 74.5 Å². The van der Waals surface area contributed by atoms with E-state index >= 15 is 0 Å². The Kier molecular flexibility index (Phi) is 6.09. The number of hydrogen-bond acceptors (Lipinski definition) is 5. The third kappa shape index (κ3) is 4.53. The van der Waals surface area contributed by atoms with E-state index in [0.29, 0.717) is 37.3 Å². The number of amides is 2. The van der Waals surface area contributed by atoms with Crippen molar-refractivity contribution in [2.45, 2.75) is 33.2 Å². The average molecular weight is 357 g/mol. The number of nitrogens with zero attached hydrogens (tertiary/aromatic N) is 4. The van der Waals surface area contributed by atoms with E-state index < -0.39 is 0 Å². The van der Waals surface area contributed by atoms with Gasteiger partial charge in [-0.2, -0.15) is 4.98 Å². The zero-order valence-corrected chi connectivity index (χ0v) is 15.5. The number of hydrogen-bond donors (Lipinski definition) is 1. The normalized spacial score (nSPS) is 16.7. The molecule has 1 aromatic heterocycles. The van der Waals surface area contributed by atoms with Crippen LogP contribution >= 0.6 is 0 Å². The molecule has 0 unspecified atom stereocenters. The molecule has 1 N–H and O–H groups in total. The zero-order chi connectivity index (χ0) is 18.4. The van der Waals surface area contributed by atoms with Crippen molar-refractivity contribution in [3.8, 4) is 0 Å². The molecule has 0 bridgehead atoms. The van der Waals surface area contributed by atoms with Gasteiger partial charge in [-0.15, -0.1) is 0 Å². The van der Waals surface area contributed by atoms with Gasteiger partial charge in [0.2, 0.25) is 5.89 Å². The van der Waals surface area contributed by atoms with Crippen molar-refractivity contribution in [2.24, 2.45) is 5.92 Å². The number of benzene rings is 1. The maximum Gasteiger partial charge on any atom is 0.317 e. The molecule has 7 heteroatoms. The second kappa shape index (κ2) is 8.69. The average Bonchev–Trinajstić information content (AvgIpc) is 3.34. The zero-order valence-electron chi connectivity index (χ0n) is 15.5. The Labute approximate surface area is 154 Å². The minimum absolute atomic E-state index is 0.0816. The molecule has 2 heterocycles. The maximum absolute atomic E-state index is 12.5. The van der Waals surface area contributed by atoms with Crippen LogP contribution in [0.15, 0.2) is 34.9 Å². The molecule has 1 aromatic carbocycles. The first kappa shape index (κ1) is 18.2. The van der Waals surface area contributed by atoms with Crippen LogP contribution in [0.1, 0.15) is 32.0 Å². The highest BCUT2D eigenvalue weighted by Gasteiger charge is 2.24. The van der Waals surface area contributed by atoms with E-state index in [4.69, 9.17) is 4.52 Å². The van der Waals surface area contributed by atoms with E-state index in [-0.39, 0.29) is 6.03 Å². The summed E-state index contributed by atoms with van der Waals surface area (Å²) in [4.78, 5) is 20.8. The number of para-hydroxylation sites is 1. The highest BCUT2D eigenvalue weighted by atomic mass is 16.5. The van der Waals surface area contributed by atoms with Crippen LogP contribution in [0.25, 0.3) is 0 Å². The lowest BCUT2D eigenvalue weighted by Gasteiger charge is -2.21. The molecule has 1 fully saturated rings. The lowest BCUT2D eigenvalue weighted by Crippen LogP contribution is -2.41. The summed E-state index contributed by atoms with van der Waals surface area (Å²) >= 11 is 0. The molecule has 1 aliphatic rings. The quantitative estimate of drug-likeness (QED) is 0.825. The van der Waals surface area contributed by atoms with Gasteiger partial charge >= 0.3 is 6.03 Å². The lowest BCUT2D eigenvalue weighted by molar-refractivity contribution is 0.188.